The van der Waals surface area contributed by atoms with E-state index in [0.29, 0.717) is 0 Å². The molecule has 4 aromatic rings. The second kappa shape index (κ2) is 7.61. The van der Waals surface area contributed by atoms with Gasteiger partial charge in [-0.1, -0.05) is 117 Å². The van der Waals surface area contributed by atoms with E-state index in [0.717, 1.165) is 8.95 Å². The summed E-state index contributed by atoms with van der Waals surface area (Å²) in [5.41, 5.74) is 7.30. The molecule has 0 spiro atoms. The van der Waals surface area contributed by atoms with Crippen molar-refractivity contribution in [2.45, 2.75) is 0 Å². The number of hydrogen-bond donors (Lipinski definition) is 0. The highest BCUT2D eigenvalue weighted by Gasteiger charge is 2.14. The molecule has 0 amide bonds. The van der Waals surface area contributed by atoms with E-state index in [1.807, 2.05) is 12.1 Å². The Morgan fingerprint density at radius 1 is 0.308 bits per heavy atom. The molecule has 0 bridgehead atoms. The molecule has 0 aliphatic carbocycles. The molecule has 0 N–H and O–H groups in total. The Bertz CT molecular complexity index is 980. The predicted octanol–water partition coefficient (Wildman–Crippen LogP) is 8.21. The van der Waals surface area contributed by atoms with Gasteiger partial charge in [-0.15, -0.1) is 0 Å². The van der Waals surface area contributed by atoms with Crippen LogP contribution in [-0.4, -0.2) is 0 Å². The van der Waals surface area contributed by atoms with Crippen LogP contribution < -0.4 is 0 Å². The SMILES string of the molecule is Brc1ccccc1-c1ccccc1-c1ccccc1-c1ccccc1Br. The highest BCUT2D eigenvalue weighted by Crippen LogP contribution is 2.41. The molecule has 0 saturated carbocycles. The molecule has 0 radical (unpaired) electrons. The lowest BCUT2D eigenvalue weighted by atomic mass is 9.89. The second-order valence-electron chi connectivity index (χ2n) is 6.05. The van der Waals surface area contributed by atoms with E-state index in [1.165, 1.54) is 33.4 Å². The van der Waals surface area contributed by atoms with E-state index in [1.54, 1.807) is 0 Å². The molecule has 26 heavy (non-hydrogen) atoms. The summed E-state index contributed by atoms with van der Waals surface area (Å²) in [5.74, 6) is 0. The average molecular weight is 464 g/mol. The molecule has 0 aliphatic rings. The molecule has 0 saturated heterocycles. The fourth-order valence-electron chi connectivity index (χ4n) is 3.26. The van der Waals surface area contributed by atoms with Gasteiger partial charge in [0.1, 0.15) is 0 Å². The Morgan fingerprint density at radius 2 is 0.538 bits per heavy atom. The van der Waals surface area contributed by atoms with Gasteiger partial charge in [0.05, 0.1) is 0 Å². The number of halogens is 2. The van der Waals surface area contributed by atoms with Gasteiger partial charge in [-0.2, -0.15) is 0 Å². The second-order valence-corrected chi connectivity index (χ2v) is 7.76. The van der Waals surface area contributed by atoms with Crippen LogP contribution in [0, 0.1) is 0 Å². The molecule has 4 aromatic carbocycles. The lowest BCUT2D eigenvalue weighted by molar-refractivity contribution is 1.54. The molecule has 2 heteroatoms. The summed E-state index contributed by atoms with van der Waals surface area (Å²) in [5, 5.41) is 0. The normalized spacial score (nSPS) is 10.7. The van der Waals surface area contributed by atoms with Gasteiger partial charge in [-0.3, -0.25) is 0 Å². The van der Waals surface area contributed by atoms with Crippen molar-refractivity contribution in [3.8, 4) is 33.4 Å². The standard InChI is InChI=1S/C24H16Br2/c25-23-15-7-5-13-21(23)19-11-3-1-9-17(19)18-10-2-4-12-20(18)22-14-6-8-16-24(22)26/h1-16H. The van der Waals surface area contributed by atoms with Gasteiger partial charge < -0.3 is 0 Å². The maximum absolute atomic E-state index is 3.71. The lowest BCUT2D eigenvalue weighted by Crippen LogP contribution is -1.90. The zero-order valence-electron chi connectivity index (χ0n) is 14.0. The molecule has 0 heterocycles. The molecule has 0 aliphatic heterocycles. The maximum atomic E-state index is 3.71. The van der Waals surface area contributed by atoms with Crippen molar-refractivity contribution >= 4 is 31.9 Å². The van der Waals surface area contributed by atoms with Crippen LogP contribution >= 0.6 is 31.9 Å². The Balaban J connectivity index is 1.97. The van der Waals surface area contributed by atoms with Crippen molar-refractivity contribution in [1.29, 1.82) is 0 Å². The summed E-state index contributed by atoms with van der Waals surface area (Å²) in [6.45, 7) is 0. The molecule has 0 atom stereocenters. The minimum absolute atomic E-state index is 1.10. The van der Waals surface area contributed by atoms with Crippen molar-refractivity contribution in [3.05, 3.63) is 106 Å². The zero-order chi connectivity index (χ0) is 17.9. The van der Waals surface area contributed by atoms with Gasteiger partial charge in [0.25, 0.3) is 0 Å². The van der Waals surface area contributed by atoms with E-state index in [4.69, 9.17) is 0 Å². The van der Waals surface area contributed by atoms with Crippen LogP contribution in [-0.2, 0) is 0 Å². The molecule has 0 fully saturated rings. The summed E-state index contributed by atoms with van der Waals surface area (Å²) in [6.07, 6.45) is 0. The summed E-state index contributed by atoms with van der Waals surface area (Å²) in [7, 11) is 0. The highest BCUT2D eigenvalue weighted by atomic mass is 79.9. The van der Waals surface area contributed by atoms with Crippen molar-refractivity contribution in [2.75, 3.05) is 0 Å². The topological polar surface area (TPSA) is 0 Å². The first-order chi connectivity index (χ1) is 12.8. The number of hydrogen-bond acceptors (Lipinski definition) is 0. The van der Waals surface area contributed by atoms with E-state index in [2.05, 4.69) is 117 Å². The fraction of sp³-hybridized carbons (Fsp3) is 0. The van der Waals surface area contributed by atoms with Gasteiger partial charge in [0.15, 0.2) is 0 Å². The molecule has 126 valence electrons. The minimum atomic E-state index is 1.10. The molecule has 0 nitrogen and oxygen atoms in total. The van der Waals surface area contributed by atoms with Crippen LogP contribution in [0.5, 0.6) is 0 Å². The number of rotatable bonds is 3. The quantitative estimate of drug-likeness (QED) is 0.287. The van der Waals surface area contributed by atoms with E-state index in [9.17, 15) is 0 Å². The third kappa shape index (κ3) is 3.27. The van der Waals surface area contributed by atoms with Gasteiger partial charge >= 0.3 is 0 Å². The van der Waals surface area contributed by atoms with Gasteiger partial charge in [-0.25, -0.2) is 0 Å². The molecule has 0 aromatic heterocycles. The summed E-state index contributed by atoms with van der Waals surface area (Å²) in [4.78, 5) is 0. The Morgan fingerprint density at radius 3 is 0.846 bits per heavy atom. The first-order valence-corrected chi connectivity index (χ1v) is 10.0. The van der Waals surface area contributed by atoms with Crippen molar-refractivity contribution in [2.24, 2.45) is 0 Å². The van der Waals surface area contributed by atoms with Crippen LogP contribution in [0.15, 0.2) is 106 Å². The predicted molar refractivity (Wildman–Crippen MR) is 118 cm³/mol. The first-order valence-electron chi connectivity index (χ1n) is 8.44. The molecule has 4 rings (SSSR count). The third-order valence-corrected chi connectivity index (χ3v) is 5.86. The largest absolute Gasteiger partial charge is 0.0616 e. The van der Waals surface area contributed by atoms with Crippen molar-refractivity contribution in [3.63, 3.8) is 0 Å². The summed E-state index contributed by atoms with van der Waals surface area (Å²) >= 11 is 7.41. The average Bonchev–Trinajstić information content (AvgIpc) is 2.69. The van der Waals surface area contributed by atoms with Gasteiger partial charge in [-0.05, 0) is 45.5 Å². The summed E-state index contributed by atoms with van der Waals surface area (Å²) < 4.78 is 2.21. The van der Waals surface area contributed by atoms with Crippen LogP contribution in [0.2, 0.25) is 0 Å². The van der Waals surface area contributed by atoms with Gasteiger partial charge in [0, 0.05) is 8.95 Å². The van der Waals surface area contributed by atoms with Crippen LogP contribution in [0.1, 0.15) is 0 Å². The maximum Gasteiger partial charge on any atom is 0.0253 e. The molecular formula is C24H16Br2. The monoisotopic (exact) mass is 462 g/mol. The van der Waals surface area contributed by atoms with E-state index >= 15 is 0 Å². The third-order valence-electron chi connectivity index (χ3n) is 4.47. The fourth-order valence-corrected chi connectivity index (χ4v) is 4.26. The zero-order valence-corrected chi connectivity index (χ0v) is 17.2. The Kier molecular flexibility index (Phi) is 5.05. The van der Waals surface area contributed by atoms with Crippen LogP contribution in [0.25, 0.3) is 33.4 Å². The van der Waals surface area contributed by atoms with Crippen LogP contribution in [0.4, 0.5) is 0 Å². The number of benzene rings is 4. The van der Waals surface area contributed by atoms with E-state index in [-0.39, 0.29) is 0 Å². The smallest absolute Gasteiger partial charge is 0.0253 e. The van der Waals surface area contributed by atoms with Crippen molar-refractivity contribution in [1.82, 2.24) is 0 Å². The lowest BCUT2D eigenvalue weighted by Gasteiger charge is -2.16. The summed E-state index contributed by atoms with van der Waals surface area (Å²) in [6, 6.07) is 33.9. The molecule has 0 unspecified atom stereocenters. The van der Waals surface area contributed by atoms with Crippen molar-refractivity contribution < 1.29 is 0 Å². The Hall–Kier alpha value is -2.16. The highest BCUT2D eigenvalue weighted by molar-refractivity contribution is 9.11. The first kappa shape index (κ1) is 17.3. The van der Waals surface area contributed by atoms with Crippen LogP contribution in [0.3, 0.4) is 0 Å². The van der Waals surface area contributed by atoms with Gasteiger partial charge in [0.2, 0.25) is 0 Å². The molecular weight excluding hydrogens is 448 g/mol. The minimum Gasteiger partial charge on any atom is -0.0616 e. The Labute approximate surface area is 170 Å². The van der Waals surface area contributed by atoms with E-state index < -0.39 is 0 Å².